The van der Waals surface area contributed by atoms with Crippen LogP contribution in [0.1, 0.15) is 39.1 Å². The van der Waals surface area contributed by atoms with Crippen molar-refractivity contribution in [3.63, 3.8) is 0 Å². The van der Waals surface area contributed by atoms with Gasteiger partial charge in [0.25, 0.3) is 0 Å². The number of carbonyl (C=O) groups excluding carboxylic acids is 2. The van der Waals surface area contributed by atoms with Crippen molar-refractivity contribution in [1.82, 2.24) is 4.90 Å². The van der Waals surface area contributed by atoms with Gasteiger partial charge in [-0.05, 0) is 78.8 Å². The Bertz CT molecular complexity index is 1380. The van der Waals surface area contributed by atoms with Gasteiger partial charge in [0.1, 0.15) is 5.82 Å². The van der Waals surface area contributed by atoms with Crippen molar-refractivity contribution in [2.24, 2.45) is 11.8 Å². The average molecular weight is 540 g/mol. The lowest BCUT2D eigenvalue weighted by Crippen LogP contribution is -2.34. The molecule has 3 aromatic carbocycles. The number of aliphatic hydroxyl groups is 1. The van der Waals surface area contributed by atoms with Crippen LogP contribution in [0.2, 0.25) is 0 Å². The highest BCUT2D eigenvalue weighted by Crippen LogP contribution is 2.45. The number of carbonyl (C=O) groups is 2. The molecule has 0 spiro atoms. The number of aromatic hydroxyl groups is 1. The fourth-order valence-corrected chi connectivity index (χ4v) is 5.81. The standard InChI is InChI=1S/C30H28F3NO5/c31-23-5-1-18(2-6-23)11-30(38)12-21-14-34(15-22(21)13-30)16-27(36)19-4-8-29(25(33)10-19)39-17-28(37)20-3-7-26(35)24(32)9-20/h1-10,21-22,35,38H,11-17H2/t21-,22+,30+. The molecule has 2 fully saturated rings. The van der Waals surface area contributed by atoms with E-state index in [1.54, 1.807) is 12.1 Å². The molecular weight excluding hydrogens is 511 g/mol. The first kappa shape index (κ1) is 26.9. The van der Waals surface area contributed by atoms with Crippen LogP contribution >= 0.6 is 0 Å². The number of phenols is 1. The Balaban J connectivity index is 1.12. The molecule has 6 nitrogen and oxygen atoms in total. The fourth-order valence-electron chi connectivity index (χ4n) is 5.81. The van der Waals surface area contributed by atoms with Gasteiger partial charge in [0.15, 0.2) is 41.3 Å². The fraction of sp³-hybridized carbons (Fsp3) is 0.333. The van der Waals surface area contributed by atoms with Crippen molar-refractivity contribution in [3.8, 4) is 11.5 Å². The first-order chi connectivity index (χ1) is 18.6. The Morgan fingerprint density at radius 1 is 0.872 bits per heavy atom. The van der Waals surface area contributed by atoms with Crippen LogP contribution in [0.3, 0.4) is 0 Å². The number of hydrogen-bond acceptors (Lipinski definition) is 6. The predicted molar refractivity (Wildman–Crippen MR) is 136 cm³/mol. The highest BCUT2D eigenvalue weighted by atomic mass is 19.1. The van der Waals surface area contributed by atoms with Crippen LogP contribution in [0.15, 0.2) is 60.7 Å². The van der Waals surface area contributed by atoms with E-state index < -0.39 is 35.4 Å². The number of fused-ring (bicyclic) bond motifs is 1. The number of ketones is 2. The second-order valence-electron chi connectivity index (χ2n) is 10.6. The molecule has 1 saturated heterocycles. The number of hydrogen-bond donors (Lipinski definition) is 2. The molecule has 0 aromatic heterocycles. The van der Waals surface area contributed by atoms with E-state index in [-0.39, 0.29) is 46.9 Å². The maximum atomic E-state index is 14.6. The van der Waals surface area contributed by atoms with Crippen LogP contribution in [0, 0.1) is 29.3 Å². The minimum atomic E-state index is -0.947. The lowest BCUT2D eigenvalue weighted by molar-refractivity contribution is 0.0355. The topological polar surface area (TPSA) is 87.1 Å². The summed E-state index contributed by atoms with van der Waals surface area (Å²) in [6, 6.07) is 13.1. The summed E-state index contributed by atoms with van der Waals surface area (Å²) in [4.78, 5) is 27.1. The van der Waals surface area contributed by atoms with Crippen LogP contribution in [0.4, 0.5) is 13.2 Å². The van der Waals surface area contributed by atoms with Gasteiger partial charge in [-0.2, -0.15) is 0 Å². The molecule has 0 unspecified atom stereocenters. The van der Waals surface area contributed by atoms with Crippen LogP contribution in [-0.2, 0) is 6.42 Å². The summed E-state index contributed by atoms with van der Waals surface area (Å²) in [5.41, 5.74) is 0.192. The van der Waals surface area contributed by atoms with Gasteiger partial charge >= 0.3 is 0 Å². The molecule has 204 valence electrons. The van der Waals surface area contributed by atoms with Crippen molar-refractivity contribution in [1.29, 1.82) is 0 Å². The zero-order valence-corrected chi connectivity index (χ0v) is 21.1. The summed E-state index contributed by atoms with van der Waals surface area (Å²) >= 11 is 0. The van der Waals surface area contributed by atoms with E-state index in [1.165, 1.54) is 30.3 Å². The number of halogens is 3. The Morgan fingerprint density at radius 2 is 1.49 bits per heavy atom. The van der Waals surface area contributed by atoms with Gasteiger partial charge in [0.05, 0.1) is 12.1 Å². The summed E-state index contributed by atoms with van der Waals surface area (Å²) in [5, 5.41) is 20.3. The number of nitrogens with zero attached hydrogens (tertiary/aromatic N) is 1. The average Bonchev–Trinajstić information content (AvgIpc) is 3.39. The van der Waals surface area contributed by atoms with Crippen molar-refractivity contribution in [3.05, 3.63) is 94.8 Å². The maximum Gasteiger partial charge on any atom is 0.200 e. The Hall–Kier alpha value is -3.69. The third-order valence-electron chi connectivity index (χ3n) is 7.63. The SMILES string of the molecule is O=C(COc1ccc(C(=O)CN2C[C@@H]3C[C@](O)(Cc4ccc(F)cc4)C[C@@H]3C2)cc1F)c1ccc(O)c(F)c1. The normalized spacial score (nSPS) is 22.6. The van der Waals surface area contributed by atoms with Gasteiger partial charge in [-0.3, -0.25) is 14.5 Å². The molecule has 3 aromatic rings. The van der Waals surface area contributed by atoms with Gasteiger partial charge in [-0.25, -0.2) is 13.2 Å². The smallest absolute Gasteiger partial charge is 0.200 e. The molecule has 0 radical (unpaired) electrons. The molecule has 5 rings (SSSR count). The zero-order valence-electron chi connectivity index (χ0n) is 21.1. The quantitative estimate of drug-likeness (QED) is 0.388. The Morgan fingerprint density at radius 3 is 2.13 bits per heavy atom. The van der Waals surface area contributed by atoms with E-state index in [0.29, 0.717) is 32.4 Å². The van der Waals surface area contributed by atoms with Crippen molar-refractivity contribution in [2.75, 3.05) is 26.2 Å². The van der Waals surface area contributed by atoms with Crippen LogP contribution < -0.4 is 4.74 Å². The molecular formula is C30H28F3NO5. The third-order valence-corrected chi connectivity index (χ3v) is 7.63. The van der Waals surface area contributed by atoms with Crippen molar-refractivity contribution >= 4 is 11.6 Å². The summed E-state index contributed by atoms with van der Waals surface area (Å²) in [6.45, 7) is 0.893. The van der Waals surface area contributed by atoms with Gasteiger partial charge in [0.2, 0.25) is 0 Å². The zero-order chi connectivity index (χ0) is 27.7. The molecule has 1 aliphatic heterocycles. The molecule has 1 aliphatic carbocycles. The molecule has 1 heterocycles. The number of phenolic OH excluding ortho intramolecular Hbond substituents is 1. The molecule has 39 heavy (non-hydrogen) atoms. The van der Waals surface area contributed by atoms with E-state index in [0.717, 1.165) is 23.8 Å². The first-order valence-electron chi connectivity index (χ1n) is 12.7. The minimum absolute atomic E-state index is 0.0261. The van der Waals surface area contributed by atoms with E-state index in [2.05, 4.69) is 0 Å². The van der Waals surface area contributed by atoms with E-state index in [1.807, 2.05) is 4.90 Å². The largest absolute Gasteiger partial charge is 0.505 e. The Labute approximate surface area is 223 Å². The summed E-state index contributed by atoms with van der Waals surface area (Å²) in [5.74, 6) is -3.21. The van der Waals surface area contributed by atoms with Gasteiger partial charge < -0.3 is 14.9 Å². The van der Waals surface area contributed by atoms with Crippen molar-refractivity contribution < 1.29 is 37.7 Å². The highest BCUT2D eigenvalue weighted by Gasteiger charge is 2.48. The van der Waals surface area contributed by atoms with Crippen LogP contribution in [0.5, 0.6) is 11.5 Å². The van der Waals surface area contributed by atoms with Crippen molar-refractivity contribution in [2.45, 2.75) is 24.9 Å². The Kier molecular flexibility index (Phi) is 7.46. The lowest BCUT2D eigenvalue weighted by atomic mass is 9.91. The number of ether oxygens (including phenoxy) is 1. The third kappa shape index (κ3) is 6.15. The molecule has 0 bridgehead atoms. The van der Waals surface area contributed by atoms with Gasteiger partial charge in [-0.15, -0.1) is 0 Å². The number of likely N-dealkylation sites (tertiary alicyclic amines) is 1. The molecule has 9 heteroatoms. The first-order valence-corrected chi connectivity index (χ1v) is 12.7. The molecule has 1 saturated carbocycles. The minimum Gasteiger partial charge on any atom is -0.505 e. The summed E-state index contributed by atoms with van der Waals surface area (Å²) in [7, 11) is 0. The van der Waals surface area contributed by atoms with E-state index in [9.17, 15) is 33.0 Å². The van der Waals surface area contributed by atoms with Crippen LogP contribution in [0.25, 0.3) is 0 Å². The second kappa shape index (κ2) is 10.8. The molecule has 0 amide bonds. The highest BCUT2D eigenvalue weighted by molar-refractivity contribution is 5.98. The van der Waals surface area contributed by atoms with E-state index >= 15 is 0 Å². The second-order valence-corrected chi connectivity index (χ2v) is 10.6. The summed E-state index contributed by atoms with van der Waals surface area (Å²) < 4.78 is 46.5. The monoisotopic (exact) mass is 539 g/mol. The molecule has 2 aliphatic rings. The van der Waals surface area contributed by atoms with Gasteiger partial charge in [-0.1, -0.05) is 12.1 Å². The number of Topliss-reactive ketones (excluding diaryl/α,β-unsaturated/α-hetero) is 2. The number of rotatable bonds is 9. The predicted octanol–water partition coefficient (Wildman–Crippen LogP) is 4.57. The van der Waals surface area contributed by atoms with Gasteiger partial charge in [0, 0.05) is 30.6 Å². The number of benzene rings is 3. The van der Waals surface area contributed by atoms with Crippen LogP contribution in [-0.4, -0.2) is 58.5 Å². The summed E-state index contributed by atoms with van der Waals surface area (Å²) in [6.07, 6.45) is 1.68. The maximum absolute atomic E-state index is 14.6. The molecule has 3 atom stereocenters. The lowest BCUT2D eigenvalue weighted by Gasteiger charge is -2.26. The molecule has 2 N–H and O–H groups in total. The van der Waals surface area contributed by atoms with E-state index in [4.69, 9.17) is 4.74 Å².